The second-order valence-corrected chi connectivity index (χ2v) is 7.73. The van der Waals surface area contributed by atoms with Crippen molar-refractivity contribution in [1.82, 2.24) is 9.21 Å². The first kappa shape index (κ1) is 17.7. The maximum atomic E-state index is 12.6. The SMILES string of the molecule is CCc1cc(C(=O)N2CCN(S(=O)(=O)CC)CC2)ccc1OC. The molecule has 0 bridgehead atoms. The van der Waals surface area contributed by atoms with Crippen molar-refractivity contribution in [3.05, 3.63) is 29.3 Å². The fourth-order valence-electron chi connectivity index (χ4n) is 2.72. The zero-order chi connectivity index (χ0) is 17.0. The van der Waals surface area contributed by atoms with Crippen molar-refractivity contribution in [2.45, 2.75) is 20.3 Å². The van der Waals surface area contributed by atoms with Crippen LogP contribution in [0.15, 0.2) is 18.2 Å². The molecule has 0 saturated carbocycles. The number of carbonyl (C=O) groups excluding carboxylic acids is 1. The van der Waals surface area contributed by atoms with E-state index in [1.807, 2.05) is 19.1 Å². The Kier molecular flexibility index (Phi) is 5.64. The monoisotopic (exact) mass is 340 g/mol. The molecular formula is C16H24N2O4S. The number of sulfonamides is 1. The third-order valence-electron chi connectivity index (χ3n) is 4.19. The van der Waals surface area contributed by atoms with E-state index >= 15 is 0 Å². The Bertz CT molecular complexity index is 665. The number of amides is 1. The van der Waals surface area contributed by atoms with Gasteiger partial charge >= 0.3 is 0 Å². The number of methoxy groups -OCH3 is 1. The lowest BCUT2D eigenvalue weighted by Crippen LogP contribution is -2.50. The summed E-state index contributed by atoms with van der Waals surface area (Å²) in [6.07, 6.45) is 0.785. The minimum absolute atomic E-state index is 0.0594. The van der Waals surface area contributed by atoms with Gasteiger partial charge in [-0.3, -0.25) is 4.79 Å². The van der Waals surface area contributed by atoms with E-state index in [0.717, 1.165) is 17.7 Å². The number of carbonyl (C=O) groups is 1. The van der Waals surface area contributed by atoms with Gasteiger partial charge in [0.05, 0.1) is 12.9 Å². The minimum Gasteiger partial charge on any atom is -0.496 e. The maximum absolute atomic E-state index is 12.6. The Balaban J connectivity index is 2.08. The molecule has 6 nitrogen and oxygen atoms in total. The predicted octanol–water partition coefficient (Wildman–Crippen LogP) is 1.37. The fourth-order valence-corrected chi connectivity index (χ4v) is 3.81. The second-order valence-electron chi connectivity index (χ2n) is 5.47. The van der Waals surface area contributed by atoms with Crippen LogP contribution >= 0.6 is 0 Å². The molecule has 128 valence electrons. The molecule has 0 radical (unpaired) electrons. The highest BCUT2D eigenvalue weighted by Gasteiger charge is 2.28. The van der Waals surface area contributed by atoms with Crippen LogP contribution in [0.4, 0.5) is 0 Å². The molecule has 1 aliphatic heterocycles. The van der Waals surface area contributed by atoms with Gasteiger partial charge in [0.1, 0.15) is 5.75 Å². The minimum atomic E-state index is -3.18. The normalized spacial score (nSPS) is 16.4. The van der Waals surface area contributed by atoms with E-state index in [2.05, 4.69) is 0 Å². The molecule has 1 aromatic rings. The molecule has 7 heteroatoms. The van der Waals surface area contributed by atoms with Gasteiger partial charge in [-0.1, -0.05) is 6.92 Å². The van der Waals surface area contributed by atoms with Crippen LogP contribution in [0.5, 0.6) is 5.75 Å². The van der Waals surface area contributed by atoms with E-state index in [9.17, 15) is 13.2 Å². The highest BCUT2D eigenvalue weighted by molar-refractivity contribution is 7.89. The standard InChI is InChI=1S/C16H24N2O4S/c1-4-13-12-14(6-7-15(13)22-3)16(19)17-8-10-18(11-9-17)23(20,21)5-2/h6-7,12H,4-5,8-11H2,1-3H3. The Hall–Kier alpha value is -1.60. The molecule has 0 spiro atoms. The zero-order valence-corrected chi connectivity index (χ0v) is 14.7. The number of benzene rings is 1. The van der Waals surface area contributed by atoms with Crippen LogP contribution in [0.1, 0.15) is 29.8 Å². The molecule has 0 aliphatic carbocycles. The average Bonchev–Trinajstić information content (AvgIpc) is 2.60. The Morgan fingerprint density at radius 1 is 1.17 bits per heavy atom. The van der Waals surface area contributed by atoms with Crippen molar-refractivity contribution in [3.8, 4) is 5.75 Å². The van der Waals surface area contributed by atoms with E-state index in [-0.39, 0.29) is 11.7 Å². The van der Waals surface area contributed by atoms with Crippen molar-refractivity contribution in [2.75, 3.05) is 39.0 Å². The van der Waals surface area contributed by atoms with Gasteiger partial charge in [0.2, 0.25) is 10.0 Å². The molecule has 1 heterocycles. The van der Waals surface area contributed by atoms with Crippen LogP contribution in [0, 0.1) is 0 Å². The van der Waals surface area contributed by atoms with Crippen LogP contribution < -0.4 is 4.74 Å². The summed E-state index contributed by atoms with van der Waals surface area (Å²) in [5.41, 5.74) is 1.61. The molecule has 0 unspecified atom stereocenters. The lowest BCUT2D eigenvalue weighted by molar-refractivity contribution is 0.0698. The van der Waals surface area contributed by atoms with Crippen LogP contribution in [-0.2, 0) is 16.4 Å². The number of rotatable bonds is 5. The Labute approximate surface area is 138 Å². The molecule has 1 fully saturated rings. The van der Waals surface area contributed by atoms with Crippen molar-refractivity contribution < 1.29 is 17.9 Å². The second kappa shape index (κ2) is 7.31. The number of ether oxygens (including phenoxy) is 1. The largest absolute Gasteiger partial charge is 0.496 e. The highest BCUT2D eigenvalue weighted by atomic mass is 32.2. The van der Waals surface area contributed by atoms with E-state index in [0.29, 0.717) is 31.7 Å². The number of hydrogen-bond acceptors (Lipinski definition) is 4. The van der Waals surface area contributed by atoms with Crippen LogP contribution in [0.2, 0.25) is 0 Å². The number of piperazine rings is 1. The maximum Gasteiger partial charge on any atom is 0.253 e. The molecule has 1 saturated heterocycles. The summed E-state index contributed by atoms with van der Waals surface area (Å²) < 4.78 is 30.5. The van der Waals surface area contributed by atoms with Gasteiger partial charge in [-0.15, -0.1) is 0 Å². The smallest absolute Gasteiger partial charge is 0.253 e. The first-order valence-electron chi connectivity index (χ1n) is 7.87. The zero-order valence-electron chi connectivity index (χ0n) is 13.9. The lowest BCUT2D eigenvalue weighted by atomic mass is 10.1. The Morgan fingerprint density at radius 2 is 1.83 bits per heavy atom. The van der Waals surface area contributed by atoms with Gasteiger partial charge in [0.15, 0.2) is 0 Å². The molecule has 0 atom stereocenters. The third-order valence-corrected chi connectivity index (χ3v) is 6.07. The topological polar surface area (TPSA) is 66.9 Å². The number of hydrogen-bond donors (Lipinski definition) is 0. The third kappa shape index (κ3) is 3.84. The molecule has 1 aliphatic rings. The summed E-state index contributed by atoms with van der Waals surface area (Å²) in [5.74, 6) is 0.818. The van der Waals surface area contributed by atoms with Gasteiger partial charge in [0.25, 0.3) is 5.91 Å². The molecular weight excluding hydrogens is 316 g/mol. The summed E-state index contributed by atoms with van der Waals surface area (Å²) >= 11 is 0. The van der Waals surface area contributed by atoms with Crippen molar-refractivity contribution in [2.24, 2.45) is 0 Å². The van der Waals surface area contributed by atoms with Crippen molar-refractivity contribution in [1.29, 1.82) is 0 Å². The molecule has 0 N–H and O–H groups in total. The molecule has 23 heavy (non-hydrogen) atoms. The van der Waals surface area contributed by atoms with E-state index < -0.39 is 10.0 Å². The molecule has 0 aromatic heterocycles. The first-order chi connectivity index (χ1) is 10.9. The summed E-state index contributed by atoms with van der Waals surface area (Å²) in [6, 6.07) is 5.43. The van der Waals surface area contributed by atoms with Gasteiger partial charge in [-0.25, -0.2) is 8.42 Å². The van der Waals surface area contributed by atoms with Crippen molar-refractivity contribution in [3.63, 3.8) is 0 Å². The summed E-state index contributed by atoms with van der Waals surface area (Å²) in [4.78, 5) is 14.3. The quantitative estimate of drug-likeness (QED) is 0.812. The average molecular weight is 340 g/mol. The lowest BCUT2D eigenvalue weighted by Gasteiger charge is -2.34. The number of nitrogens with zero attached hydrogens (tertiary/aromatic N) is 2. The van der Waals surface area contributed by atoms with E-state index in [4.69, 9.17) is 4.74 Å². The summed E-state index contributed by atoms with van der Waals surface area (Å²) in [5, 5.41) is 0. The fraction of sp³-hybridized carbons (Fsp3) is 0.562. The first-order valence-corrected chi connectivity index (χ1v) is 9.47. The Morgan fingerprint density at radius 3 is 2.35 bits per heavy atom. The van der Waals surface area contributed by atoms with Crippen molar-refractivity contribution >= 4 is 15.9 Å². The van der Waals surface area contributed by atoms with Crippen LogP contribution in [-0.4, -0.2) is 62.6 Å². The van der Waals surface area contributed by atoms with Gasteiger partial charge in [-0.2, -0.15) is 4.31 Å². The van der Waals surface area contributed by atoms with Crippen LogP contribution in [0.3, 0.4) is 0 Å². The highest BCUT2D eigenvalue weighted by Crippen LogP contribution is 2.21. The van der Waals surface area contributed by atoms with Gasteiger partial charge in [-0.05, 0) is 37.1 Å². The summed E-state index contributed by atoms with van der Waals surface area (Å²) in [7, 11) is -1.56. The van der Waals surface area contributed by atoms with Crippen LogP contribution in [0.25, 0.3) is 0 Å². The van der Waals surface area contributed by atoms with Gasteiger partial charge < -0.3 is 9.64 Å². The predicted molar refractivity (Wildman–Crippen MR) is 89.3 cm³/mol. The summed E-state index contributed by atoms with van der Waals surface area (Å²) in [6.45, 7) is 5.21. The molecule has 1 amide bonds. The van der Waals surface area contributed by atoms with Gasteiger partial charge in [0, 0.05) is 31.7 Å². The van der Waals surface area contributed by atoms with E-state index in [1.165, 1.54) is 4.31 Å². The molecule has 2 rings (SSSR count). The molecule has 1 aromatic carbocycles. The number of aryl methyl sites for hydroxylation is 1. The van der Waals surface area contributed by atoms with E-state index in [1.54, 1.807) is 25.0 Å².